The van der Waals surface area contributed by atoms with Crippen molar-refractivity contribution in [3.05, 3.63) is 11.1 Å². The van der Waals surface area contributed by atoms with Crippen LogP contribution in [0.4, 0.5) is 9.93 Å². The lowest BCUT2D eigenvalue weighted by molar-refractivity contribution is 0.0636. The summed E-state index contributed by atoms with van der Waals surface area (Å²) in [6, 6.07) is 0. The van der Waals surface area contributed by atoms with E-state index < -0.39 is 11.7 Å². The standard InChI is InChI=1S/C12H20N2O2S/c1-11(2,3)8-7-17-9(13-8)14-10(15)16-12(4,5)6/h7H,1-6H3,(H,13,14,15). The number of rotatable bonds is 1. The monoisotopic (exact) mass is 256 g/mol. The molecule has 1 heterocycles. The van der Waals surface area contributed by atoms with Crippen LogP contribution in [0.3, 0.4) is 0 Å². The van der Waals surface area contributed by atoms with Crippen molar-refractivity contribution in [2.24, 2.45) is 0 Å². The maximum atomic E-state index is 11.5. The van der Waals surface area contributed by atoms with Crippen molar-refractivity contribution >= 4 is 22.6 Å². The van der Waals surface area contributed by atoms with Gasteiger partial charge in [-0.25, -0.2) is 9.78 Å². The molecule has 1 rings (SSSR count). The molecule has 0 aliphatic rings. The highest BCUT2D eigenvalue weighted by molar-refractivity contribution is 7.13. The van der Waals surface area contributed by atoms with Crippen LogP contribution in [0.15, 0.2) is 5.38 Å². The molecule has 0 saturated carbocycles. The van der Waals surface area contributed by atoms with Crippen molar-refractivity contribution in [3.8, 4) is 0 Å². The van der Waals surface area contributed by atoms with Crippen molar-refractivity contribution in [1.82, 2.24) is 4.98 Å². The normalized spacial score (nSPS) is 12.4. The van der Waals surface area contributed by atoms with Crippen molar-refractivity contribution in [3.63, 3.8) is 0 Å². The summed E-state index contributed by atoms with van der Waals surface area (Å²) >= 11 is 1.41. The Bertz CT molecular complexity index is 399. The van der Waals surface area contributed by atoms with Gasteiger partial charge in [0.15, 0.2) is 5.13 Å². The summed E-state index contributed by atoms with van der Waals surface area (Å²) in [6.45, 7) is 11.7. The first kappa shape index (κ1) is 14.0. The van der Waals surface area contributed by atoms with E-state index in [9.17, 15) is 4.79 Å². The number of thiazole rings is 1. The fourth-order valence-electron chi connectivity index (χ4n) is 1.07. The van der Waals surface area contributed by atoms with Gasteiger partial charge in [-0.3, -0.25) is 5.32 Å². The van der Waals surface area contributed by atoms with E-state index in [1.807, 2.05) is 26.2 Å². The first-order chi connectivity index (χ1) is 7.58. The molecule has 1 amide bonds. The quantitative estimate of drug-likeness (QED) is 0.831. The van der Waals surface area contributed by atoms with Gasteiger partial charge >= 0.3 is 6.09 Å². The number of anilines is 1. The van der Waals surface area contributed by atoms with Gasteiger partial charge in [0.2, 0.25) is 0 Å². The Kier molecular flexibility index (Phi) is 3.81. The zero-order chi connectivity index (χ0) is 13.3. The van der Waals surface area contributed by atoms with Crippen molar-refractivity contribution in [2.75, 3.05) is 5.32 Å². The lowest BCUT2D eigenvalue weighted by atomic mass is 9.93. The highest BCUT2D eigenvalue weighted by Gasteiger charge is 2.20. The number of hydrogen-bond donors (Lipinski definition) is 1. The van der Waals surface area contributed by atoms with Crippen LogP contribution >= 0.6 is 11.3 Å². The number of aromatic nitrogens is 1. The molecular formula is C12H20N2O2S. The molecule has 0 radical (unpaired) electrons. The molecule has 0 fully saturated rings. The van der Waals surface area contributed by atoms with Crippen LogP contribution in [-0.2, 0) is 10.2 Å². The highest BCUT2D eigenvalue weighted by Crippen LogP contribution is 2.26. The molecule has 0 atom stereocenters. The molecule has 1 aromatic rings. The van der Waals surface area contributed by atoms with Gasteiger partial charge in [-0.15, -0.1) is 11.3 Å². The van der Waals surface area contributed by atoms with Crippen molar-refractivity contribution < 1.29 is 9.53 Å². The molecule has 5 heteroatoms. The molecule has 0 unspecified atom stereocenters. The zero-order valence-electron chi connectivity index (χ0n) is 11.2. The maximum Gasteiger partial charge on any atom is 0.413 e. The number of nitrogens with zero attached hydrogens (tertiary/aromatic N) is 1. The molecule has 96 valence electrons. The molecule has 0 aliphatic carbocycles. The maximum absolute atomic E-state index is 11.5. The van der Waals surface area contributed by atoms with E-state index in [0.29, 0.717) is 5.13 Å². The molecule has 0 aromatic carbocycles. The molecule has 0 aliphatic heterocycles. The largest absolute Gasteiger partial charge is 0.444 e. The summed E-state index contributed by atoms with van der Waals surface area (Å²) in [7, 11) is 0. The number of carbonyl (C=O) groups is 1. The Hall–Kier alpha value is -1.10. The van der Waals surface area contributed by atoms with E-state index in [2.05, 4.69) is 31.1 Å². The minimum Gasteiger partial charge on any atom is -0.444 e. The minimum absolute atomic E-state index is 0.00956. The predicted octanol–water partition coefficient (Wildman–Crippen LogP) is 3.79. The zero-order valence-corrected chi connectivity index (χ0v) is 12.1. The second-order valence-electron chi connectivity index (χ2n) is 5.91. The van der Waals surface area contributed by atoms with Gasteiger partial charge in [0.25, 0.3) is 0 Å². The fraction of sp³-hybridized carbons (Fsp3) is 0.667. The second-order valence-corrected chi connectivity index (χ2v) is 6.77. The number of hydrogen-bond acceptors (Lipinski definition) is 4. The van der Waals surface area contributed by atoms with E-state index in [1.165, 1.54) is 11.3 Å². The summed E-state index contributed by atoms with van der Waals surface area (Å²) in [5.74, 6) is 0. The first-order valence-corrected chi connectivity index (χ1v) is 6.42. The van der Waals surface area contributed by atoms with Crippen LogP contribution in [0.1, 0.15) is 47.2 Å². The first-order valence-electron chi connectivity index (χ1n) is 5.54. The highest BCUT2D eigenvalue weighted by atomic mass is 32.1. The smallest absolute Gasteiger partial charge is 0.413 e. The Balaban J connectivity index is 2.65. The van der Waals surface area contributed by atoms with Gasteiger partial charge in [-0.05, 0) is 20.8 Å². The van der Waals surface area contributed by atoms with Crippen molar-refractivity contribution in [2.45, 2.75) is 52.6 Å². The molecular weight excluding hydrogens is 236 g/mol. The predicted molar refractivity (Wildman–Crippen MR) is 70.7 cm³/mol. The van der Waals surface area contributed by atoms with Gasteiger partial charge in [0.1, 0.15) is 5.60 Å². The topological polar surface area (TPSA) is 51.2 Å². The van der Waals surface area contributed by atoms with E-state index >= 15 is 0 Å². The summed E-state index contributed by atoms with van der Waals surface area (Å²) in [5.41, 5.74) is 0.465. The average molecular weight is 256 g/mol. The van der Waals surface area contributed by atoms with Crippen molar-refractivity contribution in [1.29, 1.82) is 0 Å². The summed E-state index contributed by atoms with van der Waals surface area (Å²) < 4.78 is 5.15. The van der Waals surface area contributed by atoms with Crippen LogP contribution in [0, 0.1) is 0 Å². The Labute approximate surface area is 106 Å². The lowest BCUT2D eigenvalue weighted by Crippen LogP contribution is -2.27. The average Bonchev–Trinajstić information content (AvgIpc) is 2.47. The Morgan fingerprint density at radius 1 is 1.29 bits per heavy atom. The molecule has 0 spiro atoms. The van der Waals surface area contributed by atoms with E-state index in [4.69, 9.17) is 4.74 Å². The van der Waals surface area contributed by atoms with Gasteiger partial charge in [-0.1, -0.05) is 20.8 Å². The van der Waals surface area contributed by atoms with E-state index in [0.717, 1.165) is 5.69 Å². The second kappa shape index (κ2) is 4.64. The third-order valence-corrected chi connectivity index (χ3v) is 2.64. The van der Waals surface area contributed by atoms with Crippen LogP contribution in [0.2, 0.25) is 0 Å². The molecule has 1 N–H and O–H groups in total. The van der Waals surface area contributed by atoms with Gasteiger partial charge < -0.3 is 4.74 Å². The fourth-order valence-corrected chi connectivity index (χ4v) is 1.99. The third kappa shape index (κ3) is 4.73. The van der Waals surface area contributed by atoms with Gasteiger partial charge in [0, 0.05) is 10.8 Å². The van der Waals surface area contributed by atoms with E-state index in [-0.39, 0.29) is 5.41 Å². The molecule has 0 saturated heterocycles. The summed E-state index contributed by atoms with van der Waals surface area (Å²) in [4.78, 5) is 15.9. The SMILES string of the molecule is CC(C)(C)OC(=O)Nc1nc(C(C)(C)C)cs1. The van der Waals surface area contributed by atoms with Gasteiger partial charge in [-0.2, -0.15) is 0 Å². The Morgan fingerprint density at radius 2 is 1.88 bits per heavy atom. The van der Waals surface area contributed by atoms with Crippen LogP contribution in [0.5, 0.6) is 0 Å². The number of nitrogens with one attached hydrogen (secondary N) is 1. The minimum atomic E-state index is -0.492. The summed E-state index contributed by atoms with van der Waals surface area (Å²) in [6.07, 6.45) is -0.465. The van der Waals surface area contributed by atoms with E-state index in [1.54, 1.807) is 0 Å². The molecule has 1 aromatic heterocycles. The van der Waals surface area contributed by atoms with Crippen LogP contribution < -0.4 is 5.32 Å². The third-order valence-electron chi connectivity index (χ3n) is 1.88. The Morgan fingerprint density at radius 3 is 2.29 bits per heavy atom. The molecule has 0 bridgehead atoms. The number of ether oxygens (including phenoxy) is 1. The summed E-state index contributed by atoms with van der Waals surface area (Å²) in [5, 5.41) is 5.16. The molecule has 17 heavy (non-hydrogen) atoms. The molecule has 4 nitrogen and oxygen atoms in total. The number of amides is 1. The van der Waals surface area contributed by atoms with Crippen LogP contribution in [-0.4, -0.2) is 16.7 Å². The van der Waals surface area contributed by atoms with Crippen LogP contribution in [0.25, 0.3) is 0 Å². The van der Waals surface area contributed by atoms with Gasteiger partial charge in [0.05, 0.1) is 5.69 Å². The lowest BCUT2D eigenvalue weighted by Gasteiger charge is -2.19. The number of carbonyl (C=O) groups excluding carboxylic acids is 1.